The minimum Gasteiger partial charge on any atom is -0.292 e. The molecule has 0 fully saturated rings. The smallest absolute Gasteiger partial charge is 0.234 e. The van der Waals surface area contributed by atoms with Gasteiger partial charge in [-0.05, 0) is 12.0 Å². The largest absolute Gasteiger partial charge is 0.292 e. The third kappa shape index (κ3) is 3.68. The van der Waals surface area contributed by atoms with Gasteiger partial charge >= 0.3 is 0 Å². The first-order valence-electron chi connectivity index (χ1n) is 9.16. The van der Waals surface area contributed by atoms with Crippen molar-refractivity contribution in [3.8, 4) is 11.3 Å². The lowest BCUT2D eigenvalue weighted by atomic mass is 10.1. The summed E-state index contributed by atoms with van der Waals surface area (Å²) in [5.41, 5.74) is 2.95. The van der Waals surface area contributed by atoms with E-state index in [9.17, 15) is 4.79 Å². The second-order valence-corrected chi connectivity index (χ2v) is 7.54. The summed E-state index contributed by atoms with van der Waals surface area (Å²) >= 11 is 6.21. The van der Waals surface area contributed by atoms with Gasteiger partial charge in [0.25, 0.3) is 0 Å². The molecule has 3 heterocycles. The van der Waals surface area contributed by atoms with Crippen molar-refractivity contribution in [3.63, 3.8) is 0 Å². The summed E-state index contributed by atoms with van der Waals surface area (Å²) in [5.74, 6) is 0.819. The number of carbonyl (C=O) groups excluding carboxylic acids is 1. The number of imidazole rings is 1. The van der Waals surface area contributed by atoms with Gasteiger partial charge in [-0.3, -0.25) is 13.9 Å². The van der Waals surface area contributed by atoms with Crippen molar-refractivity contribution in [2.24, 2.45) is 5.92 Å². The number of halogens is 1. The number of hydrogen-bond donors (Lipinski definition) is 0. The number of nitrogens with zero attached hydrogens (tertiary/aromatic N) is 5. The number of fused-ring (bicyclic) bond motifs is 1. The van der Waals surface area contributed by atoms with Crippen LogP contribution in [0.4, 0.5) is 0 Å². The van der Waals surface area contributed by atoms with E-state index in [0.717, 1.165) is 11.3 Å². The van der Waals surface area contributed by atoms with Crippen molar-refractivity contribution in [1.82, 2.24) is 24.1 Å². The van der Waals surface area contributed by atoms with E-state index in [2.05, 4.69) is 28.9 Å². The van der Waals surface area contributed by atoms with E-state index < -0.39 is 0 Å². The summed E-state index contributed by atoms with van der Waals surface area (Å²) in [4.78, 5) is 22.0. The molecule has 1 aromatic carbocycles. The molecule has 4 aromatic rings. The zero-order valence-electron chi connectivity index (χ0n) is 15.7. The van der Waals surface area contributed by atoms with E-state index in [1.54, 1.807) is 4.68 Å². The van der Waals surface area contributed by atoms with Crippen molar-refractivity contribution in [2.75, 3.05) is 0 Å². The van der Waals surface area contributed by atoms with Gasteiger partial charge in [0.1, 0.15) is 5.69 Å². The SMILES string of the molecule is CC(C)Cn1ncc(Cl)c1C(=O)Cc1ccn2cc(-c3ccccc3)nc2n1. The summed E-state index contributed by atoms with van der Waals surface area (Å²) in [5, 5.41) is 4.61. The molecule has 142 valence electrons. The van der Waals surface area contributed by atoms with E-state index in [4.69, 9.17) is 11.6 Å². The predicted molar refractivity (Wildman–Crippen MR) is 109 cm³/mol. The molecule has 0 saturated carbocycles. The summed E-state index contributed by atoms with van der Waals surface area (Å²) in [6.45, 7) is 4.78. The first-order valence-corrected chi connectivity index (χ1v) is 9.53. The Morgan fingerprint density at radius 3 is 2.68 bits per heavy atom. The van der Waals surface area contributed by atoms with Crippen molar-refractivity contribution in [1.29, 1.82) is 0 Å². The van der Waals surface area contributed by atoms with Crippen LogP contribution in [-0.4, -0.2) is 29.9 Å². The highest BCUT2D eigenvalue weighted by Gasteiger charge is 2.19. The second kappa shape index (κ2) is 7.56. The van der Waals surface area contributed by atoms with Gasteiger partial charge in [0.2, 0.25) is 5.78 Å². The molecule has 28 heavy (non-hydrogen) atoms. The lowest BCUT2D eigenvalue weighted by Gasteiger charge is -2.09. The Labute approximate surface area is 167 Å². The van der Waals surface area contributed by atoms with Crippen molar-refractivity contribution in [2.45, 2.75) is 26.8 Å². The van der Waals surface area contributed by atoms with Crippen LogP contribution in [-0.2, 0) is 13.0 Å². The van der Waals surface area contributed by atoms with E-state index in [1.807, 2.05) is 53.2 Å². The zero-order valence-corrected chi connectivity index (χ0v) is 16.5. The van der Waals surface area contributed by atoms with Gasteiger partial charge in [0.05, 0.1) is 29.0 Å². The van der Waals surface area contributed by atoms with Crippen LogP contribution in [0.15, 0.2) is 55.0 Å². The van der Waals surface area contributed by atoms with Crippen LogP contribution >= 0.6 is 11.6 Å². The highest BCUT2D eigenvalue weighted by atomic mass is 35.5. The standard InChI is InChI=1S/C21H20ClN5O/c1-14(2)12-27-20(17(22)11-23-27)19(28)10-16-8-9-26-13-18(25-21(26)24-16)15-6-4-3-5-7-15/h3-9,11,13-14H,10,12H2,1-2H3. The highest BCUT2D eigenvalue weighted by molar-refractivity contribution is 6.33. The predicted octanol–water partition coefficient (Wildman–Crippen LogP) is 4.33. The zero-order chi connectivity index (χ0) is 19.7. The minimum absolute atomic E-state index is 0.102. The molecule has 7 heteroatoms. The maximum atomic E-state index is 12.8. The third-order valence-electron chi connectivity index (χ3n) is 4.39. The summed E-state index contributed by atoms with van der Waals surface area (Å²) in [7, 11) is 0. The molecule has 0 N–H and O–H groups in total. The maximum absolute atomic E-state index is 12.8. The molecule has 0 bridgehead atoms. The Morgan fingerprint density at radius 1 is 1.14 bits per heavy atom. The molecule has 0 radical (unpaired) electrons. The lowest BCUT2D eigenvalue weighted by molar-refractivity contribution is 0.0981. The van der Waals surface area contributed by atoms with Crippen LogP contribution in [0.1, 0.15) is 30.0 Å². The van der Waals surface area contributed by atoms with Gasteiger partial charge in [-0.2, -0.15) is 5.10 Å². The number of carbonyl (C=O) groups is 1. The first kappa shape index (κ1) is 18.4. The Morgan fingerprint density at radius 2 is 1.93 bits per heavy atom. The summed E-state index contributed by atoms with van der Waals surface area (Å²) in [6, 6.07) is 11.8. The average Bonchev–Trinajstić information content (AvgIpc) is 3.25. The Hall–Kier alpha value is -2.99. The summed E-state index contributed by atoms with van der Waals surface area (Å²) in [6.07, 6.45) is 5.47. The number of benzene rings is 1. The molecule has 0 saturated heterocycles. The quantitative estimate of drug-likeness (QED) is 0.457. The van der Waals surface area contributed by atoms with Crippen LogP contribution in [0, 0.1) is 5.92 Å². The van der Waals surface area contributed by atoms with Gasteiger partial charge in [-0.15, -0.1) is 0 Å². The van der Waals surface area contributed by atoms with Crippen LogP contribution in [0.3, 0.4) is 0 Å². The monoisotopic (exact) mass is 393 g/mol. The minimum atomic E-state index is -0.102. The van der Waals surface area contributed by atoms with Crippen LogP contribution in [0.5, 0.6) is 0 Å². The third-order valence-corrected chi connectivity index (χ3v) is 4.67. The number of rotatable bonds is 6. The number of hydrogen-bond acceptors (Lipinski definition) is 4. The molecule has 3 aromatic heterocycles. The normalized spacial score (nSPS) is 11.4. The molecule has 4 rings (SSSR count). The van der Waals surface area contributed by atoms with E-state index in [-0.39, 0.29) is 12.2 Å². The Kier molecular flexibility index (Phi) is 4.96. The van der Waals surface area contributed by atoms with Gasteiger partial charge in [0, 0.05) is 24.5 Å². The average molecular weight is 394 g/mol. The molecule has 0 aliphatic rings. The fourth-order valence-electron chi connectivity index (χ4n) is 3.13. The van der Waals surface area contributed by atoms with E-state index >= 15 is 0 Å². The van der Waals surface area contributed by atoms with Crippen molar-refractivity contribution < 1.29 is 4.79 Å². The fourth-order valence-corrected chi connectivity index (χ4v) is 3.37. The maximum Gasteiger partial charge on any atom is 0.234 e. The van der Waals surface area contributed by atoms with Crippen LogP contribution in [0.25, 0.3) is 17.0 Å². The number of ketones is 1. The topological polar surface area (TPSA) is 65.1 Å². The Bertz CT molecular complexity index is 1130. The van der Waals surface area contributed by atoms with Crippen molar-refractivity contribution >= 4 is 23.2 Å². The lowest BCUT2D eigenvalue weighted by Crippen LogP contribution is -2.16. The molecule has 0 spiro atoms. The molecule has 0 unspecified atom stereocenters. The van der Waals surface area contributed by atoms with E-state index in [1.165, 1.54) is 6.20 Å². The highest BCUT2D eigenvalue weighted by Crippen LogP contribution is 2.20. The van der Waals surface area contributed by atoms with Crippen molar-refractivity contribution in [3.05, 3.63) is 71.4 Å². The van der Waals surface area contributed by atoms with E-state index in [0.29, 0.717) is 34.7 Å². The van der Waals surface area contributed by atoms with Gasteiger partial charge in [0.15, 0.2) is 5.78 Å². The van der Waals surface area contributed by atoms with Gasteiger partial charge in [-0.1, -0.05) is 55.8 Å². The first-order chi connectivity index (χ1) is 13.5. The fraction of sp³-hybridized carbons (Fsp3) is 0.238. The molecular formula is C21H20ClN5O. The van der Waals surface area contributed by atoms with Gasteiger partial charge in [-0.25, -0.2) is 9.97 Å². The number of Topliss-reactive ketones (excluding diaryl/α,β-unsaturated/α-hetero) is 1. The van der Waals surface area contributed by atoms with Crippen LogP contribution < -0.4 is 0 Å². The molecule has 0 atom stereocenters. The molecule has 0 aliphatic carbocycles. The summed E-state index contributed by atoms with van der Waals surface area (Å²) < 4.78 is 3.53. The molecule has 0 amide bonds. The molecule has 0 aliphatic heterocycles. The Balaban J connectivity index is 1.60. The molecule has 6 nitrogen and oxygen atoms in total. The second-order valence-electron chi connectivity index (χ2n) is 7.14. The van der Waals surface area contributed by atoms with Gasteiger partial charge < -0.3 is 0 Å². The molecular weight excluding hydrogens is 374 g/mol. The van der Waals surface area contributed by atoms with Crippen LogP contribution in [0.2, 0.25) is 5.02 Å². The number of aromatic nitrogens is 5.